The van der Waals surface area contributed by atoms with Gasteiger partial charge in [0, 0.05) is 32.2 Å². The predicted molar refractivity (Wildman–Crippen MR) is 89.0 cm³/mol. The number of hydrogen-bond donors (Lipinski definition) is 0. The van der Waals surface area contributed by atoms with Crippen LogP contribution in [0.5, 0.6) is 0 Å². The zero-order chi connectivity index (χ0) is 17.6. The van der Waals surface area contributed by atoms with Crippen LogP contribution in [0.3, 0.4) is 0 Å². The molecule has 2 aliphatic heterocycles. The van der Waals surface area contributed by atoms with Crippen molar-refractivity contribution in [2.75, 3.05) is 41.7 Å². The molecule has 0 aromatic carbocycles. The summed E-state index contributed by atoms with van der Waals surface area (Å²) < 4.78 is 50.5. The van der Waals surface area contributed by atoms with Crippen LogP contribution in [0.2, 0.25) is 0 Å². The van der Waals surface area contributed by atoms with Crippen LogP contribution in [-0.2, 0) is 6.18 Å². The molecular weight excluding hydrogens is 376 g/mol. The molecule has 5 nitrogen and oxygen atoms in total. The van der Waals surface area contributed by atoms with Crippen LogP contribution in [0.25, 0.3) is 0 Å². The Kier molecular flexibility index (Phi) is 6.33. The molecule has 0 N–H and O–H groups in total. The molecule has 0 bridgehead atoms. The molecule has 0 amide bonds. The number of rotatable bonds is 4. The van der Waals surface area contributed by atoms with Crippen LogP contribution < -0.4 is 39.4 Å². The zero-order valence-corrected chi connectivity index (χ0v) is 17.5. The Balaban J connectivity index is 0.00000196. The van der Waals surface area contributed by atoms with Gasteiger partial charge in [0.15, 0.2) is 5.69 Å². The molecule has 3 heterocycles. The van der Waals surface area contributed by atoms with Crippen molar-refractivity contribution in [2.24, 2.45) is 17.8 Å². The van der Waals surface area contributed by atoms with Crippen LogP contribution in [0.4, 0.5) is 24.9 Å². The first-order valence-corrected chi connectivity index (χ1v) is 9.59. The molecule has 3 fully saturated rings. The van der Waals surface area contributed by atoms with Gasteiger partial charge in [-0.15, -0.1) is 0 Å². The molecule has 1 aliphatic carbocycles. The van der Waals surface area contributed by atoms with E-state index < -0.39 is 11.9 Å². The van der Waals surface area contributed by atoms with Gasteiger partial charge < -0.3 is 14.4 Å². The molecule has 2 atom stereocenters. The molecule has 1 aromatic heterocycles. The van der Waals surface area contributed by atoms with E-state index in [1.165, 1.54) is 0 Å². The molecular formula is C16H20F3N4NaOS. The maximum Gasteiger partial charge on any atom is 1.00 e. The third-order valence-corrected chi connectivity index (χ3v) is 6.11. The fourth-order valence-corrected chi connectivity index (χ4v) is 4.78. The SMILES string of the molecule is [Na+].[O-]SCC1C2CN(c3cc(C(F)(F)F)nc(N4CCCCC4)n3)CC12. The Morgan fingerprint density at radius 1 is 1.08 bits per heavy atom. The van der Waals surface area contributed by atoms with Gasteiger partial charge in [0.1, 0.15) is 5.82 Å². The predicted octanol–water partition coefficient (Wildman–Crippen LogP) is 0.0355. The van der Waals surface area contributed by atoms with E-state index in [9.17, 15) is 17.7 Å². The fraction of sp³-hybridized carbons (Fsp3) is 0.750. The van der Waals surface area contributed by atoms with Gasteiger partial charge in [-0.25, -0.2) is 4.98 Å². The number of fused-ring (bicyclic) bond motifs is 1. The standard InChI is InChI=1S/C16H21F3N4OS.Na/c17-16(18,19)13-6-14(21-15(20-13)22-4-2-1-3-5-22)23-7-10-11(8-23)12(10)9-25-24;/h6,10-12,24H,1-5,7-9H2;/q;+1/p-1. The van der Waals surface area contributed by atoms with Crippen molar-refractivity contribution in [2.45, 2.75) is 25.4 Å². The molecule has 3 aliphatic rings. The number of aromatic nitrogens is 2. The van der Waals surface area contributed by atoms with Gasteiger partial charge in [-0.05, 0) is 42.8 Å². The van der Waals surface area contributed by atoms with E-state index in [0.29, 0.717) is 67.5 Å². The Bertz CT molecular complexity index is 632. The molecule has 1 saturated carbocycles. The summed E-state index contributed by atoms with van der Waals surface area (Å²) in [7, 11) is 0. The summed E-state index contributed by atoms with van der Waals surface area (Å²) >= 11 is 0.603. The van der Waals surface area contributed by atoms with Gasteiger partial charge in [0.2, 0.25) is 5.95 Å². The van der Waals surface area contributed by atoms with Gasteiger partial charge in [0.05, 0.1) is 0 Å². The number of nitrogens with zero attached hydrogens (tertiary/aromatic N) is 4. The number of hydrogen-bond acceptors (Lipinski definition) is 6. The molecule has 0 radical (unpaired) electrons. The Morgan fingerprint density at radius 3 is 2.31 bits per heavy atom. The topological polar surface area (TPSA) is 55.3 Å². The summed E-state index contributed by atoms with van der Waals surface area (Å²) in [6.45, 7) is 2.77. The van der Waals surface area contributed by atoms with Crippen LogP contribution >= 0.6 is 12.0 Å². The van der Waals surface area contributed by atoms with Gasteiger partial charge in [-0.3, -0.25) is 12.0 Å². The number of anilines is 2. The molecule has 4 rings (SSSR count). The summed E-state index contributed by atoms with van der Waals surface area (Å²) in [5.74, 6) is 2.41. The first-order valence-electron chi connectivity index (χ1n) is 8.68. The molecule has 10 heteroatoms. The van der Waals surface area contributed by atoms with Crippen molar-refractivity contribution in [3.05, 3.63) is 11.8 Å². The molecule has 26 heavy (non-hydrogen) atoms. The molecule has 2 saturated heterocycles. The third-order valence-electron chi connectivity index (χ3n) is 5.59. The van der Waals surface area contributed by atoms with Crippen molar-refractivity contribution >= 4 is 23.8 Å². The minimum Gasteiger partial charge on any atom is -0.799 e. The van der Waals surface area contributed by atoms with Crippen LogP contribution in [0.15, 0.2) is 6.07 Å². The normalized spacial score (nSPS) is 27.9. The van der Waals surface area contributed by atoms with E-state index >= 15 is 0 Å². The first kappa shape index (κ1) is 20.5. The molecule has 138 valence electrons. The van der Waals surface area contributed by atoms with E-state index in [1.807, 2.05) is 9.80 Å². The van der Waals surface area contributed by atoms with Crippen molar-refractivity contribution in [1.82, 2.24) is 9.97 Å². The maximum absolute atomic E-state index is 13.3. The maximum atomic E-state index is 13.3. The smallest absolute Gasteiger partial charge is 0.799 e. The number of alkyl halides is 3. The summed E-state index contributed by atoms with van der Waals surface area (Å²) in [6.07, 6.45) is -1.47. The zero-order valence-electron chi connectivity index (χ0n) is 14.7. The van der Waals surface area contributed by atoms with Crippen LogP contribution in [-0.4, -0.2) is 46.5 Å². The summed E-state index contributed by atoms with van der Waals surface area (Å²) in [5.41, 5.74) is -0.870. The van der Waals surface area contributed by atoms with E-state index in [2.05, 4.69) is 9.97 Å². The second-order valence-electron chi connectivity index (χ2n) is 7.14. The van der Waals surface area contributed by atoms with Crippen molar-refractivity contribution < 1.29 is 47.3 Å². The minimum atomic E-state index is -4.48. The summed E-state index contributed by atoms with van der Waals surface area (Å²) in [5, 5.41) is 0. The van der Waals surface area contributed by atoms with Crippen molar-refractivity contribution in [3.63, 3.8) is 0 Å². The molecule has 0 spiro atoms. The average Bonchev–Trinajstić information content (AvgIpc) is 3.05. The van der Waals surface area contributed by atoms with Gasteiger partial charge >= 0.3 is 35.7 Å². The van der Waals surface area contributed by atoms with Gasteiger partial charge in [-0.2, -0.15) is 18.2 Å². The second kappa shape index (κ2) is 8.03. The first-order chi connectivity index (χ1) is 12.0. The van der Waals surface area contributed by atoms with Gasteiger partial charge in [0.25, 0.3) is 0 Å². The molecule has 2 unspecified atom stereocenters. The Morgan fingerprint density at radius 2 is 1.73 bits per heavy atom. The van der Waals surface area contributed by atoms with Crippen LogP contribution in [0, 0.1) is 17.8 Å². The quantitative estimate of drug-likeness (QED) is 0.529. The minimum absolute atomic E-state index is 0. The summed E-state index contributed by atoms with van der Waals surface area (Å²) in [4.78, 5) is 12.0. The monoisotopic (exact) mass is 396 g/mol. The molecule has 1 aromatic rings. The fourth-order valence-electron chi connectivity index (χ4n) is 4.13. The van der Waals surface area contributed by atoms with Gasteiger partial charge in [-0.1, -0.05) is 0 Å². The Labute approximate surface area is 177 Å². The van der Waals surface area contributed by atoms with E-state index in [4.69, 9.17) is 0 Å². The second-order valence-corrected chi connectivity index (χ2v) is 7.71. The van der Waals surface area contributed by atoms with Crippen molar-refractivity contribution in [3.8, 4) is 0 Å². The number of piperidine rings is 2. The summed E-state index contributed by atoms with van der Waals surface area (Å²) in [6, 6.07) is 1.07. The average molecular weight is 396 g/mol. The third kappa shape index (κ3) is 4.11. The van der Waals surface area contributed by atoms with E-state index in [-0.39, 0.29) is 35.5 Å². The van der Waals surface area contributed by atoms with E-state index in [0.717, 1.165) is 25.3 Å². The number of halogens is 3. The van der Waals surface area contributed by atoms with Crippen molar-refractivity contribution in [1.29, 1.82) is 0 Å². The van der Waals surface area contributed by atoms with E-state index in [1.54, 1.807) is 0 Å². The van der Waals surface area contributed by atoms with Crippen LogP contribution in [0.1, 0.15) is 25.0 Å². The Hall–Kier alpha value is -0.220. The largest absolute Gasteiger partial charge is 1.00 e.